The van der Waals surface area contributed by atoms with Crippen LogP contribution >= 0.6 is 27.3 Å². The van der Waals surface area contributed by atoms with Crippen molar-refractivity contribution >= 4 is 33.2 Å². The molecule has 0 saturated carbocycles. The highest BCUT2D eigenvalue weighted by Crippen LogP contribution is 2.22. The van der Waals surface area contributed by atoms with Crippen LogP contribution in [0.1, 0.15) is 4.88 Å². The van der Waals surface area contributed by atoms with Crippen LogP contribution in [0.5, 0.6) is 5.75 Å². The van der Waals surface area contributed by atoms with Crippen molar-refractivity contribution in [2.45, 2.75) is 6.42 Å². The van der Waals surface area contributed by atoms with Crippen molar-refractivity contribution in [3.63, 3.8) is 0 Å². The molecular weight excluding hydrogens is 345 g/mol. The van der Waals surface area contributed by atoms with Crippen molar-refractivity contribution in [3.05, 3.63) is 50.9 Å². The summed E-state index contributed by atoms with van der Waals surface area (Å²) < 4.78 is 19.0. The quantitative estimate of drug-likeness (QED) is 0.860. The first-order valence-corrected chi connectivity index (χ1v) is 7.64. The molecule has 0 aliphatic carbocycles. The minimum atomic E-state index is -0.330. The number of carbonyl (C=O) groups is 1. The molecular formula is C14H13BrFNO2S. The highest BCUT2D eigenvalue weighted by molar-refractivity contribution is 9.11. The molecule has 0 radical (unpaired) electrons. The predicted octanol–water partition coefficient (Wildman–Crippen LogP) is 3.39. The van der Waals surface area contributed by atoms with E-state index in [0.29, 0.717) is 12.3 Å². The molecule has 2 aromatic rings. The lowest BCUT2D eigenvalue weighted by atomic mass is 10.3. The van der Waals surface area contributed by atoms with E-state index >= 15 is 0 Å². The van der Waals surface area contributed by atoms with Crippen molar-refractivity contribution in [2.75, 3.05) is 13.2 Å². The molecule has 0 aliphatic heterocycles. The highest BCUT2D eigenvalue weighted by atomic mass is 79.9. The summed E-state index contributed by atoms with van der Waals surface area (Å²) >= 11 is 5.04. The van der Waals surface area contributed by atoms with E-state index in [-0.39, 0.29) is 18.3 Å². The predicted molar refractivity (Wildman–Crippen MR) is 80.6 cm³/mol. The van der Waals surface area contributed by atoms with Gasteiger partial charge in [-0.3, -0.25) is 4.79 Å². The number of rotatable bonds is 6. The van der Waals surface area contributed by atoms with Gasteiger partial charge >= 0.3 is 0 Å². The molecule has 1 N–H and O–H groups in total. The van der Waals surface area contributed by atoms with Crippen LogP contribution in [-0.4, -0.2) is 19.1 Å². The van der Waals surface area contributed by atoms with Gasteiger partial charge in [0, 0.05) is 11.4 Å². The number of hydrogen-bond acceptors (Lipinski definition) is 3. The largest absolute Gasteiger partial charge is 0.484 e. The number of carbonyl (C=O) groups excluding carboxylic acids is 1. The van der Waals surface area contributed by atoms with E-state index in [1.807, 2.05) is 12.1 Å². The number of nitrogens with one attached hydrogen (secondary N) is 1. The number of ether oxygens (including phenoxy) is 1. The SMILES string of the molecule is O=C(COc1ccc(F)cc1)NCCc1ccc(Br)s1. The van der Waals surface area contributed by atoms with E-state index in [2.05, 4.69) is 21.2 Å². The average molecular weight is 358 g/mol. The molecule has 6 heteroatoms. The average Bonchev–Trinajstić information content (AvgIpc) is 2.84. The molecule has 0 aliphatic rings. The van der Waals surface area contributed by atoms with Crippen LogP contribution in [0.25, 0.3) is 0 Å². The molecule has 1 amide bonds. The molecule has 0 atom stereocenters. The normalized spacial score (nSPS) is 10.3. The molecule has 0 bridgehead atoms. The van der Waals surface area contributed by atoms with Gasteiger partial charge in [-0.05, 0) is 58.7 Å². The van der Waals surface area contributed by atoms with E-state index in [9.17, 15) is 9.18 Å². The molecule has 1 aromatic carbocycles. The first-order chi connectivity index (χ1) is 9.63. The minimum Gasteiger partial charge on any atom is -0.484 e. The number of benzene rings is 1. The third-order valence-electron chi connectivity index (χ3n) is 2.51. The van der Waals surface area contributed by atoms with Crippen LogP contribution in [0.3, 0.4) is 0 Å². The first-order valence-electron chi connectivity index (χ1n) is 6.03. The molecule has 106 valence electrons. The zero-order valence-corrected chi connectivity index (χ0v) is 13.0. The third kappa shape index (κ3) is 4.94. The Morgan fingerprint density at radius 3 is 2.65 bits per heavy atom. The van der Waals surface area contributed by atoms with E-state index in [0.717, 1.165) is 10.2 Å². The van der Waals surface area contributed by atoms with Crippen LogP contribution in [-0.2, 0) is 11.2 Å². The van der Waals surface area contributed by atoms with Gasteiger partial charge in [0.1, 0.15) is 11.6 Å². The summed E-state index contributed by atoms with van der Waals surface area (Å²) in [7, 11) is 0. The monoisotopic (exact) mass is 357 g/mol. The zero-order valence-electron chi connectivity index (χ0n) is 10.6. The molecule has 0 fully saturated rings. The summed E-state index contributed by atoms with van der Waals surface area (Å²) in [6.45, 7) is 0.498. The fourth-order valence-electron chi connectivity index (χ4n) is 1.54. The van der Waals surface area contributed by atoms with Gasteiger partial charge in [-0.1, -0.05) is 0 Å². The highest BCUT2D eigenvalue weighted by Gasteiger charge is 2.03. The summed E-state index contributed by atoms with van der Waals surface area (Å²) in [5.74, 6) is -0.0439. The number of hydrogen-bond donors (Lipinski definition) is 1. The second-order valence-electron chi connectivity index (χ2n) is 4.05. The summed E-state index contributed by atoms with van der Waals surface area (Å²) in [6, 6.07) is 9.58. The molecule has 1 heterocycles. The summed E-state index contributed by atoms with van der Waals surface area (Å²) in [5.41, 5.74) is 0. The van der Waals surface area contributed by atoms with Gasteiger partial charge in [-0.25, -0.2) is 4.39 Å². The molecule has 3 nitrogen and oxygen atoms in total. The first kappa shape index (κ1) is 15.0. The van der Waals surface area contributed by atoms with Crippen LogP contribution < -0.4 is 10.1 Å². The van der Waals surface area contributed by atoms with Gasteiger partial charge in [-0.15, -0.1) is 11.3 Å². The van der Waals surface area contributed by atoms with Gasteiger partial charge < -0.3 is 10.1 Å². The van der Waals surface area contributed by atoms with Crippen molar-refractivity contribution in [2.24, 2.45) is 0 Å². The maximum Gasteiger partial charge on any atom is 0.257 e. The van der Waals surface area contributed by atoms with E-state index in [1.165, 1.54) is 29.1 Å². The summed E-state index contributed by atoms with van der Waals surface area (Å²) in [5, 5.41) is 2.78. The lowest BCUT2D eigenvalue weighted by Crippen LogP contribution is -2.30. The Bertz CT molecular complexity index is 571. The fraction of sp³-hybridized carbons (Fsp3) is 0.214. The molecule has 0 unspecified atom stereocenters. The van der Waals surface area contributed by atoms with Crippen molar-refractivity contribution in [3.8, 4) is 5.75 Å². The Balaban J connectivity index is 1.66. The van der Waals surface area contributed by atoms with Crippen LogP contribution in [0.4, 0.5) is 4.39 Å². The van der Waals surface area contributed by atoms with Gasteiger partial charge in [0.25, 0.3) is 5.91 Å². The Morgan fingerprint density at radius 1 is 1.25 bits per heavy atom. The fourth-order valence-corrected chi connectivity index (χ4v) is 3.02. The Kier molecular flexibility index (Phi) is 5.55. The van der Waals surface area contributed by atoms with Crippen LogP contribution in [0.2, 0.25) is 0 Å². The maximum absolute atomic E-state index is 12.7. The van der Waals surface area contributed by atoms with Gasteiger partial charge in [0.2, 0.25) is 0 Å². The van der Waals surface area contributed by atoms with Gasteiger partial charge in [0.15, 0.2) is 6.61 Å². The lowest BCUT2D eigenvalue weighted by molar-refractivity contribution is -0.123. The topological polar surface area (TPSA) is 38.3 Å². The Hall–Kier alpha value is -1.40. The number of amides is 1. The minimum absolute atomic E-state index is 0.0697. The molecule has 2 rings (SSSR count). The van der Waals surface area contributed by atoms with Crippen molar-refractivity contribution in [1.29, 1.82) is 0 Å². The Morgan fingerprint density at radius 2 is 2.00 bits per heavy atom. The second kappa shape index (κ2) is 7.40. The maximum atomic E-state index is 12.7. The van der Waals surface area contributed by atoms with Crippen molar-refractivity contribution < 1.29 is 13.9 Å². The second-order valence-corrected chi connectivity index (χ2v) is 6.60. The lowest BCUT2D eigenvalue weighted by Gasteiger charge is -2.06. The number of halogens is 2. The van der Waals surface area contributed by atoms with E-state index < -0.39 is 0 Å². The molecule has 20 heavy (non-hydrogen) atoms. The molecule has 0 saturated heterocycles. The van der Waals surface area contributed by atoms with Gasteiger partial charge in [-0.2, -0.15) is 0 Å². The number of thiophene rings is 1. The Labute approximate surface area is 128 Å². The van der Waals surface area contributed by atoms with E-state index in [1.54, 1.807) is 11.3 Å². The smallest absolute Gasteiger partial charge is 0.257 e. The summed E-state index contributed by atoms with van der Waals surface area (Å²) in [4.78, 5) is 12.8. The summed E-state index contributed by atoms with van der Waals surface area (Å²) in [6.07, 6.45) is 0.790. The van der Waals surface area contributed by atoms with Crippen LogP contribution in [0.15, 0.2) is 40.2 Å². The van der Waals surface area contributed by atoms with Crippen LogP contribution in [0, 0.1) is 5.82 Å². The van der Waals surface area contributed by atoms with E-state index in [4.69, 9.17) is 4.74 Å². The zero-order chi connectivity index (χ0) is 14.4. The molecule has 1 aromatic heterocycles. The standard InChI is InChI=1S/C14H13BrFNO2S/c15-13-6-5-12(20-13)7-8-17-14(18)9-19-11-3-1-10(16)2-4-11/h1-6H,7-9H2,(H,17,18). The van der Waals surface area contributed by atoms with Gasteiger partial charge in [0.05, 0.1) is 3.79 Å². The van der Waals surface area contributed by atoms with Crippen molar-refractivity contribution in [1.82, 2.24) is 5.32 Å². The third-order valence-corrected chi connectivity index (χ3v) is 4.19. The molecule has 0 spiro atoms.